The van der Waals surface area contributed by atoms with Crippen LogP contribution < -0.4 is 10.2 Å². The van der Waals surface area contributed by atoms with E-state index in [1.807, 2.05) is 59.3 Å². The average Bonchev–Trinajstić information content (AvgIpc) is 3.29. The average molecular weight is 443 g/mol. The number of fused-ring (bicyclic) bond motifs is 1. The van der Waals surface area contributed by atoms with E-state index in [-0.39, 0.29) is 24.4 Å². The topological polar surface area (TPSA) is 67.2 Å². The number of amides is 2. The lowest BCUT2D eigenvalue weighted by Gasteiger charge is -2.38. The van der Waals surface area contributed by atoms with E-state index in [9.17, 15) is 9.59 Å². The summed E-state index contributed by atoms with van der Waals surface area (Å²) in [4.78, 5) is 32.6. The Morgan fingerprint density at radius 3 is 2.52 bits per heavy atom. The van der Waals surface area contributed by atoms with Crippen molar-refractivity contribution in [3.8, 4) is 0 Å². The van der Waals surface area contributed by atoms with Gasteiger partial charge in [0.25, 0.3) is 0 Å². The molecule has 0 saturated heterocycles. The van der Waals surface area contributed by atoms with Gasteiger partial charge in [-0.3, -0.25) is 19.5 Å². The molecule has 1 aliphatic carbocycles. The maximum absolute atomic E-state index is 13.6. The Bertz CT molecular complexity index is 1120. The summed E-state index contributed by atoms with van der Waals surface area (Å²) in [6, 6.07) is 15.3. The monoisotopic (exact) mass is 442 g/mol. The van der Waals surface area contributed by atoms with Gasteiger partial charge in [-0.05, 0) is 72.7 Å². The number of aromatic nitrogens is 2. The molecule has 1 saturated carbocycles. The summed E-state index contributed by atoms with van der Waals surface area (Å²) in [5, 5.41) is 3.28. The Morgan fingerprint density at radius 2 is 1.76 bits per heavy atom. The molecule has 6 heteroatoms. The van der Waals surface area contributed by atoms with E-state index in [0.717, 1.165) is 42.6 Å². The molecule has 1 aromatic carbocycles. The molecule has 1 aliphatic heterocycles. The highest BCUT2D eigenvalue weighted by Gasteiger charge is 2.39. The van der Waals surface area contributed by atoms with Crippen molar-refractivity contribution in [2.75, 3.05) is 4.90 Å². The van der Waals surface area contributed by atoms with Gasteiger partial charge in [-0.15, -0.1) is 0 Å². The third-order valence-electron chi connectivity index (χ3n) is 7.04. The summed E-state index contributed by atoms with van der Waals surface area (Å²) in [7, 11) is 0. The zero-order valence-corrected chi connectivity index (χ0v) is 19.0. The fourth-order valence-electron chi connectivity index (χ4n) is 5.17. The fourth-order valence-corrected chi connectivity index (χ4v) is 5.17. The Balaban J connectivity index is 1.42. The molecule has 0 spiro atoms. The molecule has 0 unspecified atom stereocenters. The minimum absolute atomic E-state index is 0.0718. The maximum atomic E-state index is 13.6. The van der Waals surface area contributed by atoms with Crippen LogP contribution in [0.5, 0.6) is 0 Å². The molecule has 1 fully saturated rings. The third-order valence-corrected chi connectivity index (χ3v) is 7.04. The summed E-state index contributed by atoms with van der Waals surface area (Å²) in [5.74, 6) is 0.287. The number of nitrogens with one attached hydrogen (secondary N) is 1. The molecule has 3 aromatic rings. The number of anilines is 1. The smallest absolute Gasteiger partial charge is 0.249 e. The van der Waals surface area contributed by atoms with Crippen molar-refractivity contribution in [2.24, 2.45) is 5.92 Å². The van der Waals surface area contributed by atoms with Crippen molar-refractivity contribution >= 4 is 17.5 Å². The molecule has 1 N–H and O–H groups in total. The molecule has 0 radical (unpaired) electrons. The largest absolute Gasteiger partial charge is 0.351 e. The maximum Gasteiger partial charge on any atom is 0.249 e. The minimum Gasteiger partial charge on any atom is -0.351 e. The summed E-state index contributed by atoms with van der Waals surface area (Å²) < 4.78 is 1.89. The van der Waals surface area contributed by atoms with E-state index < -0.39 is 6.04 Å². The van der Waals surface area contributed by atoms with Crippen molar-refractivity contribution in [3.05, 3.63) is 83.9 Å². The number of rotatable bonds is 5. The number of benzene rings is 1. The molecule has 2 aliphatic rings. The zero-order valence-electron chi connectivity index (χ0n) is 19.0. The van der Waals surface area contributed by atoms with E-state index in [2.05, 4.69) is 17.2 Å². The van der Waals surface area contributed by atoms with Crippen LogP contribution in [-0.2, 0) is 22.6 Å². The van der Waals surface area contributed by atoms with Crippen molar-refractivity contribution in [2.45, 2.75) is 57.7 Å². The second-order valence-electron chi connectivity index (χ2n) is 9.30. The lowest BCUT2D eigenvalue weighted by molar-refractivity contribution is -0.129. The van der Waals surface area contributed by atoms with Crippen LogP contribution in [0.1, 0.15) is 55.5 Å². The molecule has 6 nitrogen and oxygen atoms in total. The number of hydrogen-bond donors (Lipinski definition) is 1. The molecular weight excluding hydrogens is 412 g/mol. The number of carbonyl (C=O) groups is 2. The first-order valence-electron chi connectivity index (χ1n) is 11.9. The van der Waals surface area contributed by atoms with Gasteiger partial charge in [0.15, 0.2) is 6.04 Å². The molecule has 3 heterocycles. The van der Waals surface area contributed by atoms with Crippen LogP contribution in [0, 0.1) is 5.92 Å². The predicted molar refractivity (Wildman–Crippen MR) is 128 cm³/mol. The molecule has 0 bridgehead atoms. The van der Waals surface area contributed by atoms with Gasteiger partial charge in [0.05, 0.1) is 5.69 Å². The highest BCUT2D eigenvalue weighted by molar-refractivity contribution is 6.02. The van der Waals surface area contributed by atoms with Crippen LogP contribution in [0.3, 0.4) is 0 Å². The highest BCUT2D eigenvalue weighted by atomic mass is 16.2. The number of pyridine rings is 1. The van der Waals surface area contributed by atoms with Gasteiger partial charge in [-0.1, -0.05) is 31.9 Å². The Morgan fingerprint density at radius 1 is 1.03 bits per heavy atom. The van der Waals surface area contributed by atoms with Gasteiger partial charge in [0.2, 0.25) is 11.8 Å². The Kier molecular flexibility index (Phi) is 5.99. The predicted octanol–water partition coefficient (Wildman–Crippen LogP) is 4.26. The molecule has 3 atom stereocenters. The van der Waals surface area contributed by atoms with Crippen LogP contribution >= 0.6 is 0 Å². The molecule has 33 heavy (non-hydrogen) atoms. The van der Waals surface area contributed by atoms with Crippen LogP contribution in [-0.4, -0.2) is 27.4 Å². The van der Waals surface area contributed by atoms with E-state index in [4.69, 9.17) is 0 Å². The van der Waals surface area contributed by atoms with E-state index in [0.29, 0.717) is 5.92 Å². The second kappa shape index (κ2) is 9.22. The van der Waals surface area contributed by atoms with Crippen LogP contribution in [0.15, 0.2) is 67.1 Å². The zero-order chi connectivity index (χ0) is 22.8. The van der Waals surface area contributed by atoms with Gasteiger partial charge in [0, 0.05) is 30.3 Å². The first-order valence-corrected chi connectivity index (χ1v) is 11.9. The molecule has 2 amide bonds. The highest BCUT2D eigenvalue weighted by Crippen LogP contribution is 2.33. The van der Waals surface area contributed by atoms with E-state index in [1.165, 1.54) is 12.0 Å². The third kappa shape index (κ3) is 4.42. The summed E-state index contributed by atoms with van der Waals surface area (Å²) in [6.45, 7) is 2.45. The van der Waals surface area contributed by atoms with Crippen molar-refractivity contribution in [1.82, 2.24) is 14.9 Å². The number of nitrogens with zero attached hydrogens (tertiary/aromatic N) is 3. The van der Waals surface area contributed by atoms with Gasteiger partial charge in [0.1, 0.15) is 6.54 Å². The molecule has 5 rings (SSSR count). The fraction of sp³-hybridized carbons (Fsp3) is 0.370. The second-order valence-corrected chi connectivity index (χ2v) is 9.30. The lowest BCUT2D eigenvalue weighted by Crippen LogP contribution is -2.52. The standard InChI is InChI=1S/C27H30N4O2/c1-19-5-2-3-6-23(19)29-27(33)26-24-7-4-16-30(24)18-25(32)31(26)22-10-8-20(9-11-22)17-21-12-14-28-15-13-21/h4,7-16,19,23,26H,2-3,5-6,17-18H2,1H3,(H,29,33)/t19-,23+,26+/m1/s1. The first kappa shape index (κ1) is 21.4. The molecular formula is C27H30N4O2. The van der Waals surface area contributed by atoms with Gasteiger partial charge in [-0.25, -0.2) is 0 Å². The summed E-state index contributed by atoms with van der Waals surface area (Å²) in [5.41, 5.74) is 3.94. The Labute approximate surface area is 194 Å². The van der Waals surface area contributed by atoms with Crippen molar-refractivity contribution in [3.63, 3.8) is 0 Å². The van der Waals surface area contributed by atoms with Gasteiger partial charge < -0.3 is 9.88 Å². The van der Waals surface area contributed by atoms with E-state index in [1.54, 1.807) is 17.3 Å². The van der Waals surface area contributed by atoms with Crippen molar-refractivity contribution in [1.29, 1.82) is 0 Å². The van der Waals surface area contributed by atoms with Gasteiger partial charge in [-0.2, -0.15) is 0 Å². The SMILES string of the molecule is C[C@@H]1CCCC[C@@H]1NC(=O)[C@@H]1c2cccn2CC(=O)N1c1ccc(Cc2ccncc2)cc1. The van der Waals surface area contributed by atoms with Crippen LogP contribution in [0.4, 0.5) is 5.69 Å². The Hall–Kier alpha value is -3.41. The normalized spacial score (nSPS) is 22.6. The van der Waals surface area contributed by atoms with E-state index >= 15 is 0 Å². The van der Waals surface area contributed by atoms with Crippen molar-refractivity contribution < 1.29 is 9.59 Å². The summed E-state index contributed by atoms with van der Waals surface area (Å²) in [6.07, 6.45) is 10.7. The molecule has 2 aromatic heterocycles. The number of carbonyl (C=O) groups excluding carboxylic acids is 2. The van der Waals surface area contributed by atoms with Crippen LogP contribution in [0.2, 0.25) is 0 Å². The van der Waals surface area contributed by atoms with Crippen LogP contribution in [0.25, 0.3) is 0 Å². The van der Waals surface area contributed by atoms with Gasteiger partial charge >= 0.3 is 0 Å². The summed E-state index contributed by atoms with van der Waals surface area (Å²) >= 11 is 0. The molecule has 170 valence electrons. The first-order chi connectivity index (χ1) is 16.1. The quantitative estimate of drug-likeness (QED) is 0.642. The number of hydrogen-bond acceptors (Lipinski definition) is 3. The minimum atomic E-state index is -0.665. The lowest BCUT2D eigenvalue weighted by atomic mass is 9.85.